The van der Waals surface area contributed by atoms with Crippen LogP contribution < -0.4 is 5.32 Å². The lowest BCUT2D eigenvalue weighted by molar-refractivity contribution is 0.0956. The lowest BCUT2D eigenvalue weighted by Gasteiger charge is -2.06. The van der Waals surface area contributed by atoms with Crippen LogP contribution in [0.5, 0.6) is 0 Å². The fraction of sp³-hybridized carbons (Fsp3) is 0.273. The molecule has 0 spiro atoms. The Morgan fingerprint density at radius 2 is 2.07 bits per heavy atom. The molecule has 0 aliphatic rings. The lowest BCUT2D eigenvalue weighted by Crippen LogP contribution is -2.30. The third-order valence-electron chi connectivity index (χ3n) is 1.76. The molecule has 0 unspecified atom stereocenters. The van der Waals surface area contributed by atoms with Gasteiger partial charge in [0.25, 0.3) is 5.91 Å². The minimum Gasteiger partial charge on any atom is -0.480 e. The summed E-state index contributed by atoms with van der Waals surface area (Å²) in [6.07, 6.45) is 0. The summed E-state index contributed by atoms with van der Waals surface area (Å²) in [6.45, 7) is 2.37. The second kappa shape index (κ2) is 5.80. The molecular weight excluding hydrogens is 192 g/mol. The minimum atomic E-state index is -0.194. The van der Waals surface area contributed by atoms with Gasteiger partial charge in [-0.25, -0.2) is 0 Å². The molecule has 4 heteroatoms. The molecule has 0 heterocycles. The first-order valence-corrected chi connectivity index (χ1v) is 4.77. The average molecular weight is 206 g/mol. The van der Waals surface area contributed by atoms with Crippen molar-refractivity contribution in [1.82, 2.24) is 5.32 Å². The highest BCUT2D eigenvalue weighted by Gasteiger charge is 2.04. The Bertz CT molecular complexity index is 336. The van der Waals surface area contributed by atoms with Crippen LogP contribution in [0, 0.1) is 5.41 Å². The molecule has 1 aromatic rings. The third-order valence-corrected chi connectivity index (χ3v) is 1.76. The molecule has 0 fully saturated rings. The first kappa shape index (κ1) is 11.2. The molecule has 0 aliphatic heterocycles. The highest BCUT2D eigenvalue weighted by Crippen LogP contribution is 1.97. The number of carbonyl (C=O) groups excluding carboxylic acids is 1. The summed E-state index contributed by atoms with van der Waals surface area (Å²) >= 11 is 0. The summed E-state index contributed by atoms with van der Waals surface area (Å²) in [5, 5.41) is 9.90. The highest BCUT2D eigenvalue weighted by atomic mass is 16.5. The number of nitrogens with one attached hydrogen (secondary N) is 2. The largest absolute Gasteiger partial charge is 0.480 e. The van der Waals surface area contributed by atoms with Gasteiger partial charge in [0.1, 0.15) is 0 Å². The standard InChI is InChI=1S/C11H14N2O2/c1-2-15-10(12)8-13-11(14)9-6-4-3-5-7-9/h3-7,12H,2,8H2,1H3,(H,13,14). The molecule has 0 saturated carbocycles. The van der Waals surface area contributed by atoms with E-state index in [0.717, 1.165) is 0 Å². The zero-order chi connectivity index (χ0) is 11.1. The predicted octanol–water partition coefficient (Wildman–Crippen LogP) is 1.43. The molecule has 0 aliphatic carbocycles. The summed E-state index contributed by atoms with van der Waals surface area (Å²) in [5.74, 6) is -0.123. The second-order valence-electron chi connectivity index (χ2n) is 2.90. The number of carbonyl (C=O) groups is 1. The number of hydrogen-bond donors (Lipinski definition) is 2. The SMILES string of the molecule is CCOC(=N)CNC(=O)c1ccccc1. The van der Waals surface area contributed by atoms with Crippen molar-refractivity contribution in [3.63, 3.8) is 0 Å². The first-order valence-electron chi connectivity index (χ1n) is 4.77. The van der Waals surface area contributed by atoms with Crippen molar-refractivity contribution < 1.29 is 9.53 Å². The normalized spacial score (nSPS) is 9.40. The van der Waals surface area contributed by atoms with Gasteiger partial charge in [-0.05, 0) is 19.1 Å². The Hall–Kier alpha value is -1.84. The Balaban J connectivity index is 2.40. The maximum absolute atomic E-state index is 11.5. The first-order chi connectivity index (χ1) is 7.24. The Morgan fingerprint density at radius 1 is 1.40 bits per heavy atom. The van der Waals surface area contributed by atoms with E-state index >= 15 is 0 Å². The van der Waals surface area contributed by atoms with Gasteiger partial charge in [0.05, 0.1) is 13.2 Å². The Morgan fingerprint density at radius 3 is 2.67 bits per heavy atom. The van der Waals surface area contributed by atoms with Crippen molar-refractivity contribution in [3.05, 3.63) is 35.9 Å². The van der Waals surface area contributed by atoms with Gasteiger partial charge in [0.2, 0.25) is 0 Å². The molecule has 15 heavy (non-hydrogen) atoms. The Labute approximate surface area is 88.8 Å². The van der Waals surface area contributed by atoms with E-state index in [9.17, 15) is 4.79 Å². The van der Waals surface area contributed by atoms with E-state index in [1.54, 1.807) is 31.2 Å². The van der Waals surface area contributed by atoms with Crippen LogP contribution in [0.15, 0.2) is 30.3 Å². The summed E-state index contributed by atoms with van der Waals surface area (Å²) in [5.41, 5.74) is 0.585. The maximum Gasteiger partial charge on any atom is 0.251 e. The summed E-state index contributed by atoms with van der Waals surface area (Å²) in [7, 11) is 0. The fourth-order valence-electron chi connectivity index (χ4n) is 1.08. The molecule has 0 bridgehead atoms. The van der Waals surface area contributed by atoms with Gasteiger partial charge in [-0.3, -0.25) is 10.2 Å². The molecule has 1 rings (SSSR count). The molecule has 80 valence electrons. The molecule has 4 nitrogen and oxygen atoms in total. The summed E-state index contributed by atoms with van der Waals surface area (Å²) in [6, 6.07) is 8.88. The topological polar surface area (TPSA) is 62.2 Å². The molecule has 0 radical (unpaired) electrons. The van der Waals surface area contributed by atoms with Crippen LogP contribution in [0.25, 0.3) is 0 Å². The van der Waals surface area contributed by atoms with Gasteiger partial charge in [0.15, 0.2) is 5.90 Å². The Kier molecular flexibility index (Phi) is 4.34. The second-order valence-corrected chi connectivity index (χ2v) is 2.90. The molecular formula is C11H14N2O2. The van der Waals surface area contributed by atoms with Gasteiger partial charge in [0, 0.05) is 5.56 Å². The van der Waals surface area contributed by atoms with Crippen molar-refractivity contribution >= 4 is 11.8 Å². The van der Waals surface area contributed by atoms with Crippen LogP contribution in [-0.2, 0) is 4.74 Å². The lowest BCUT2D eigenvalue weighted by atomic mass is 10.2. The quantitative estimate of drug-likeness (QED) is 0.578. The zero-order valence-corrected chi connectivity index (χ0v) is 8.62. The summed E-state index contributed by atoms with van der Waals surface area (Å²) < 4.78 is 4.90. The number of hydrogen-bond acceptors (Lipinski definition) is 3. The van der Waals surface area contributed by atoms with Crippen LogP contribution in [0.4, 0.5) is 0 Å². The molecule has 1 amide bonds. The predicted molar refractivity (Wildman–Crippen MR) is 58.1 cm³/mol. The number of amides is 1. The van der Waals surface area contributed by atoms with Crippen molar-refractivity contribution in [2.75, 3.05) is 13.2 Å². The number of rotatable bonds is 4. The monoisotopic (exact) mass is 206 g/mol. The van der Waals surface area contributed by atoms with Crippen LogP contribution in [0.3, 0.4) is 0 Å². The molecule has 1 aromatic carbocycles. The van der Waals surface area contributed by atoms with E-state index in [4.69, 9.17) is 10.1 Å². The van der Waals surface area contributed by atoms with Crippen molar-refractivity contribution in [2.45, 2.75) is 6.92 Å². The summed E-state index contributed by atoms with van der Waals surface area (Å²) in [4.78, 5) is 11.5. The van der Waals surface area contributed by atoms with Gasteiger partial charge < -0.3 is 10.1 Å². The minimum absolute atomic E-state index is 0.0711. The van der Waals surface area contributed by atoms with Crippen LogP contribution >= 0.6 is 0 Å². The van der Waals surface area contributed by atoms with Crippen molar-refractivity contribution in [3.8, 4) is 0 Å². The third kappa shape index (κ3) is 3.81. The van der Waals surface area contributed by atoms with Crippen molar-refractivity contribution in [1.29, 1.82) is 5.41 Å². The molecule has 0 saturated heterocycles. The molecule has 0 aromatic heterocycles. The van der Waals surface area contributed by atoms with Gasteiger partial charge in [-0.1, -0.05) is 18.2 Å². The smallest absolute Gasteiger partial charge is 0.251 e. The van der Waals surface area contributed by atoms with Crippen LogP contribution in [-0.4, -0.2) is 25.0 Å². The zero-order valence-electron chi connectivity index (χ0n) is 8.62. The van der Waals surface area contributed by atoms with E-state index in [1.165, 1.54) is 0 Å². The van der Waals surface area contributed by atoms with Gasteiger partial charge in [-0.15, -0.1) is 0 Å². The van der Waals surface area contributed by atoms with Crippen LogP contribution in [0.1, 0.15) is 17.3 Å². The number of ether oxygens (including phenoxy) is 1. The molecule has 2 N–H and O–H groups in total. The van der Waals surface area contributed by atoms with E-state index in [0.29, 0.717) is 12.2 Å². The molecule has 0 atom stereocenters. The van der Waals surface area contributed by atoms with Gasteiger partial charge in [-0.2, -0.15) is 0 Å². The van der Waals surface area contributed by atoms with Crippen LogP contribution in [0.2, 0.25) is 0 Å². The van der Waals surface area contributed by atoms with Gasteiger partial charge >= 0.3 is 0 Å². The van der Waals surface area contributed by atoms with E-state index in [2.05, 4.69) is 5.32 Å². The fourth-order valence-corrected chi connectivity index (χ4v) is 1.08. The average Bonchev–Trinajstić information content (AvgIpc) is 2.27. The highest BCUT2D eigenvalue weighted by molar-refractivity contribution is 5.96. The van der Waals surface area contributed by atoms with E-state index in [1.807, 2.05) is 6.07 Å². The maximum atomic E-state index is 11.5. The van der Waals surface area contributed by atoms with E-state index < -0.39 is 0 Å². The van der Waals surface area contributed by atoms with Crippen molar-refractivity contribution in [2.24, 2.45) is 0 Å². The van der Waals surface area contributed by atoms with E-state index in [-0.39, 0.29) is 18.3 Å². The number of benzene rings is 1.